The molecule has 4 rings (SSSR count). The fraction of sp³-hybridized carbons (Fsp3) is 0.292. The molecule has 32 heavy (non-hydrogen) atoms. The summed E-state index contributed by atoms with van der Waals surface area (Å²) in [5.74, 6) is 0.281. The molecule has 8 heteroatoms. The van der Waals surface area contributed by atoms with E-state index in [0.29, 0.717) is 43.5 Å². The fourth-order valence-electron chi connectivity index (χ4n) is 3.72. The van der Waals surface area contributed by atoms with E-state index in [2.05, 4.69) is 10.4 Å². The number of nitrogens with one attached hydrogen (secondary N) is 1. The number of aromatic nitrogens is 2. The maximum Gasteiger partial charge on any atom is 0.272 e. The number of fused-ring (bicyclic) bond motifs is 1. The molecule has 0 atom stereocenters. The van der Waals surface area contributed by atoms with Crippen molar-refractivity contribution in [2.75, 3.05) is 13.2 Å². The maximum atomic E-state index is 13.1. The van der Waals surface area contributed by atoms with Gasteiger partial charge in [0, 0.05) is 42.8 Å². The lowest BCUT2D eigenvalue weighted by atomic mass is 10.2. The Balaban J connectivity index is 1.46. The Morgan fingerprint density at radius 3 is 2.72 bits per heavy atom. The average molecular weight is 453 g/mol. The normalized spacial score (nSPS) is 13.4. The van der Waals surface area contributed by atoms with Crippen LogP contribution in [0.2, 0.25) is 5.02 Å². The quantitative estimate of drug-likeness (QED) is 0.589. The van der Waals surface area contributed by atoms with E-state index in [0.717, 1.165) is 23.3 Å². The van der Waals surface area contributed by atoms with E-state index in [-0.39, 0.29) is 17.5 Å². The average Bonchev–Trinajstić information content (AvgIpc) is 3.17. The van der Waals surface area contributed by atoms with Crippen LogP contribution in [0.15, 0.2) is 54.6 Å². The Kier molecular flexibility index (Phi) is 6.75. The molecule has 166 valence electrons. The molecule has 0 unspecified atom stereocenters. The van der Waals surface area contributed by atoms with E-state index < -0.39 is 0 Å². The van der Waals surface area contributed by atoms with Gasteiger partial charge in [-0.1, -0.05) is 41.9 Å². The van der Waals surface area contributed by atoms with Crippen molar-refractivity contribution >= 4 is 23.4 Å². The zero-order chi connectivity index (χ0) is 22.5. The van der Waals surface area contributed by atoms with Crippen molar-refractivity contribution in [3.63, 3.8) is 0 Å². The highest BCUT2D eigenvalue weighted by atomic mass is 35.5. The number of hydrogen-bond acceptors (Lipinski definition) is 4. The van der Waals surface area contributed by atoms with Gasteiger partial charge in [-0.15, -0.1) is 0 Å². The van der Waals surface area contributed by atoms with Crippen LogP contribution in [0.5, 0.6) is 5.75 Å². The van der Waals surface area contributed by atoms with E-state index in [1.807, 2.05) is 55.5 Å². The zero-order valence-electron chi connectivity index (χ0n) is 17.9. The highest BCUT2D eigenvalue weighted by Crippen LogP contribution is 2.19. The summed E-state index contributed by atoms with van der Waals surface area (Å²) >= 11 is 5.96. The molecule has 0 aliphatic carbocycles. The Hall–Kier alpha value is -3.32. The molecule has 2 heterocycles. The van der Waals surface area contributed by atoms with Crippen molar-refractivity contribution in [3.8, 4) is 5.75 Å². The Morgan fingerprint density at radius 1 is 1.16 bits per heavy atom. The number of carbonyl (C=O) groups excluding carboxylic acids is 2. The van der Waals surface area contributed by atoms with Gasteiger partial charge in [0.2, 0.25) is 0 Å². The topological polar surface area (TPSA) is 76.5 Å². The molecule has 0 spiro atoms. The number of hydrogen-bond donors (Lipinski definition) is 1. The summed E-state index contributed by atoms with van der Waals surface area (Å²) in [5, 5.41) is 7.93. The van der Waals surface area contributed by atoms with Gasteiger partial charge >= 0.3 is 0 Å². The monoisotopic (exact) mass is 452 g/mol. The van der Waals surface area contributed by atoms with Crippen molar-refractivity contribution in [2.24, 2.45) is 0 Å². The highest BCUT2D eigenvalue weighted by Gasteiger charge is 2.26. The first-order chi connectivity index (χ1) is 15.5. The lowest BCUT2D eigenvalue weighted by Crippen LogP contribution is -2.30. The maximum absolute atomic E-state index is 13.1. The standard InChI is InChI=1S/C24H25ClN4O3/c1-2-32-22-7-4-3-6-18(22)15-26-23(30)20-14-21-24(31)28(12-5-13-29(21)27-20)16-17-8-10-19(25)11-9-17/h3-4,6-11,14H,2,5,12-13,15-16H2,1H3,(H,26,30). The van der Waals surface area contributed by atoms with Crippen LogP contribution in [0.1, 0.15) is 45.4 Å². The molecule has 0 saturated carbocycles. The van der Waals surface area contributed by atoms with Crippen molar-refractivity contribution in [1.29, 1.82) is 0 Å². The minimum absolute atomic E-state index is 0.134. The number of para-hydroxylation sites is 1. The summed E-state index contributed by atoms with van der Waals surface area (Å²) in [6.07, 6.45) is 0.761. The van der Waals surface area contributed by atoms with Gasteiger partial charge in [0.15, 0.2) is 5.69 Å². The van der Waals surface area contributed by atoms with Crippen molar-refractivity contribution < 1.29 is 14.3 Å². The molecule has 2 aromatic carbocycles. The second-order valence-electron chi connectivity index (χ2n) is 7.57. The van der Waals surface area contributed by atoms with Crippen LogP contribution in [-0.4, -0.2) is 39.6 Å². The molecule has 1 aliphatic rings. The third-order valence-corrected chi connectivity index (χ3v) is 5.57. The number of halogens is 1. The first-order valence-electron chi connectivity index (χ1n) is 10.7. The number of rotatable bonds is 7. The van der Waals surface area contributed by atoms with E-state index in [9.17, 15) is 9.59 Å². The SMILES string of the molecule is CCOc1ccccc1CNC(=O)c1cc2n(n1)CCCN(Cc1ccc(Cl)cc1)C2=O. The van der Waals surface area contributed by atoms with Crippen LogP contribution in [0.4, 0.5) is 0 Å². The summed E-state index contributed by atoms with van der Waals surface area (Å²) in [4.78, 5) is 27.6. The van der Waals surface area contributed by atoms with Gasteiger partial charge in [-0.2, -0.15) is 5.10 Å². The molecular formula is C24H25ClN4O3. The molecule has 0 bridgehead atoms. The lowest BCUT2D eigenvalue weighted by molar-refractivity contribution is 0.0745. The number of carbonyl (C=O) groups is 2. The first kappa shape index (κ1) is 21.9. The third kappa shape index (κ3) is 4.94. The lowest BCUT2D eigenvalue weighted by Gasteiger charge is -2.20. The fourth-order valence-corrected chi connectivity index (χ4v) is 3.84. The predicted octanol–water partition coefficient (Wildman–Crippen LogP) is 3.91. The van der Waals surface area contributed by atoms with Gasteiger partial charge in [-0.25, -0.2) is 0 Å². The van der Waals surface area contributed by atoms with E-state index in [1.54, 1.807) is 15.6 Å². The van der Waals surface area contributed by atoms with Gasteiger partial charge in [0.05, 0.1) is 6.61 Å². The van der Waals surface area contributed by atoms with E-state index >= 15 is 0 Å². The third-order valence-electron chi connectivity index (χ3n) is 5.32. The van der Waals surface area contributed by atoms with Crippen LogP contribution in [-0.2, 0) is 19.6 Å². The van der Waals surface area contributed by atoms with Crippen LogP contribution < -0.4 is 10.1 Å². The molecule has 0 radical (unpaired) electrons. The van der Waals surface area contributed by atoms with Gasteiger partial charge in [-0.05, 0) is 37.1 Å². The molecule has 1 aliphatic heterocycles. The molecule has 3 aromatic rings. The minimum Gasteiger partial charge on any atom is -0.494 e. The molecule has 0 fully saturated rings. The second kappa shape index (κ2) is 9.87. The van der Waals surface area contributed by atoms with Gasteiger partial charge in [0.1, 0.15) is 11.4 Å². The highest BCUT2D eigenvalue weighted by molar-refractivity contribution is 6.30. The van der Waals surface area contributed by atoms with Gasteiger partial charge in [-0.3, -0.25) is 14.3 Å². The summed E-state index contributed by atoms with van der Waals surface area (Å²) in [6, 6.07) is 16.6. The zero-order valence-corrected chi connectivity index (χ0v) is 18.6. The minimum atomic E-state index is -0.325. The summed E-state index contributed by atoms with van der Waals surface area (Å²) in [6.45, 7) is 4.47. The first-order valence-corrected chi connectivity index (χ1v) is 11.0. The van der Waals surface area contributed by atoms with Crippen molar-refractivity contribution in [3.05, 3.63) is 82.1 Å². The summed E-state index contributed by atoms with van der Waals surface area (Å²) < 4.78 is 7.24. The number of aryl methyl sites for hydroxylation is 1. The molecule has 2 amide bonds. The molecular weight excluding hydrogens is 428 g/mol. The van der Waals surface area contributed by atoms with Crippen LogP contribution in [0.3, 0.4) is 0 Å². The van der Waals surface area contributed by atoms with E-state index in [1.165, 1.54) is 0 Å². The molecule has 1 aromatic heterocycles. The van der Waals surface area contributed by atoms with Gasteiger partial charge in [0.25, 0.3) is 11.8 Å². The number of benzene rings is 2. The van der Waals surface area contributed by atoms with Crippen LogP contribution >= 0.6 is 11.6 Å². The smallest absolute Gasteiger partial charge is 0.272 e. The Bertz CT molecular complexity index is 1110. The molecule has 7 nitrogen and oxygen atoms in total. The predicted molar refractivity (Wildman–Crippen MR) is 122 cm³/mol. The summed E-state index contributed by atoms with van der Waals surface area (Å²) in [5.41, 5.74) is 2.54. The van der Waals surface area contributed by atoms with E-state index in [4.69, 9.17) is 16.3 Å². The number of ether oxygens (including phenoxy) is 1. The summed E-state index contributed by atoms with van der Waals surface area (Å²) in [7, 11) is 0. The van der Waals surface area contributed by atoms with Crippen molar-refractivity contribution in [2.45, 2.75) is 33.0 Å². The van der Waals surface area contributed by atoms with Crippen LogP contribution in [0.25, 0.3) is 0 Å². The molecule has 0 saturated heterocycles. The Morgan fingerprint density at radius 2 is 1.94 bits per heavy atom. The second-order valence-corrected chi connectivity index (χ2v) is 8.00. The number of nitrogens with zero attached hydrogens (tertiary/aromatic N) is 3. The van der Waals surface area contributed by atoms with Crippen LogP contribution in [0, 0.1) is 0 Å². The molecule has 1 N–H and O–H groups in total. The number of amides is 2. The largest absolute Gasteiger partial charge is 0.494 e. The Labute approximate surface area is 191 Å². The van der Waals surface area contributed by atoms with Gasteiger partial charge < -0.3 is 15.0 Å². The van der Waals surface area contributed by atoms with Crippen molar-refractivity contribution in [1.82, 2.24) is 20.0 Å².